The summed E-state index contributed by atoms with van der Waals surface area (Å²) < 4.78 is 19.0. The van der Waals surface area contributed by atoms with E-state index in [2.05, 4.69) is 43.4 Å². The summed E-state index contributed by atoms with van der Waals surface area (Å²) in [6.45, 7) is 3.94. The smallest absolute Gasteiger partial charge is 0.481 e. The third-order valence-electron chi connectivity index (χ3n) is 3.46. The number of carbonyl (C=O) groups is 1. The first kappa shape index (κ1) is 27.0. The molecule has 0 aliphatic rings. The fourth-order valence-electron chi connectivity index (χ4n) is 2.02. The van der Waals surface area contributed by atoms with Crippen molar-refractivity contribution in [3.8, 4) is 0 Å². The molecular weight excluding hydrogens is 358 g/mol. The summed E-state index contributed by atoms with van der Waals surface area (Å²) in [4.78, 5) is 24.6. The number of carboxylic acid groups (broad SMARTS) is 1. The van der Waals surface area contributed by atoms with Crippen molar-refractivity contribution in [2.75, 3.05) is 0 Å². The summed E-state index contributed by atoms with van der Waals surface area (Å²) in [6.07, 6.45) is 23.0. The first-order valence-corrected chi connectivity index (χ1v) is 10.6. The summed E-state index contributed by atoms with van der Waals surface area (Å²) in [5.74, 6) is -0.861. The average Bonchev–Trinajstić information content (AvgIpc) is 2.53. The highest BCUT2D eigenvalue weighted by Crippen LogP contribution is 2.35. The number of rotatable bonds is 13. The molecule has 0 aromatic rings. The molecule has 0 rings (SSSR count). The SMILES string of the molecule is CC/C=C\C/C=C\C/C=C\CCCCCCC(C)C(=O)O.O=P(O)(O)F. The maximum absolute atomic E-state index is 10.6. The molecule has 0 radical (unpaired) electrons. The first-order valence-electron chi connectivity index (χ1n) is 9.11. The Hall–Kier alpha value is -1.23. The molecule has 0 fully saturated rings. The van der Waals surface area contributed by atoms with Gasteiger partial charge in [0.05, 0.1) is 5.92 Å². The largest absolute Gasteiger partial charge is 0.507 e. The number of hydrogen-bond acceptors (Lipinski definition) is 2. The van der Waals surface area contributed by atoms with Crippen LogP contribution in [0.2, 0.25) is 0 Å². The van der Waals surface area contributed by atoms with E-state index in [1.54, 1.807) is 6.92 Å². The Kier molecular flexibility index (Phi) is 19.3. The van der Waals surface area contributed by atoms with Crippen molar-refractivity contribution in [1.29, 1.82) is 0 Å². The van der Waals surface area contributed by atoms with Gasteiger partial charge in [0.1, 0.15) is 0 Å². The maximum atomic E-state index is 10.6. The van der Waals surface area contributed by atoms with E-state index < -0.39 is 13.9 Å². The van der Waals surface area contributed by atoms with Crippen LogP contribution in [0.4, 0.5) is 4.20 Å². The van der Waals surface area contributed by atoms with Crippen molar-refractivity contribution in [2.45, 2.75) is 71.6 Å². The molecule has 5 nitrogen and oxygen atoms in total. The minimum Gasteiger partial charge on any atom is -0.481 e. The average molecular weight is 392 g/mol. The van der Waals surface area contributed by atoms with Crippen LogP contribution in [0, 0.1) is 5.92 Å². The highest BCUT2D eigenvalue weighted by molar-refractivity contribution is 7.45. The zero-order valence-corrected chi connectivity index (χ0v) is 16.8. The molecule has 0 spiro atoms. The van der Waals surface area contributed by atoms with Crippen molar-refractivity contribution in [2.24, 2.45) is 5.92 Å². The lowest BCUT2D eigenvalue weighted by molar-refractivity contribution is -0.141. The molecule has 0 saturated heterocycles. The minimum absolute atomic E-state index is 0.191. The summed E-state index contributed by atoms with van der Waals surface area (Å²) in [6, 6.07) is 0. The Bertz CT molecular complexity index is 460. The molecule has 7 heteroatoms. The van der Waals surface area contributed by atoms with E-state index in [1.165, 1.54) is 12.8 Å². The second-order valence-electron chi connectivity index (χ2n) is 6.00. The molecule has 0 bridgehead atoms. The Morgan fingerprint density at radius 3 is 1.92 bits per heavy atom. The number of unbranched alkanes of at least 4 members (excludes halogenated alkanes) is 4. The first-order chi connectivity index (χ1) is 12.2. The summed E-state index contributed by atoms with van der Waals surface area (Å²) in [5, 5.41) is 8.77. The molecule has 0 saturated carbocycles. The van der Waals surface area contributed by atoms with Gasteiger partial charge in [-0.1, -0.05) is 69.6 Å². The van der Waals surface area contributed by atoms with Gasteiger partial charge in [-0.3, -0.25) is 14.6 Å². The van der Waals surface area contributed by atoms with Gasteiger partial charge in [-0.05, 0) is 38.5 Å². The highest BCUT2D eigenvalue weighted by Gasteiger charge is 2.09. The van der Waals surface area contributed by atoms with Crippen LogP contribution in [0.5, 0.6) is 0 Å². The van der Waals surface area contributed by atoms with Crippen LogP contribution in [-0.2, 0) is 9.36 Å². The van der Waals surface area contributed by atoms with Crippen molar-refractivity contribution in [3.05, 3.63) is 36.5 Å². The zero-order valence-electron chi connectivity index (χ0n) is 15.9. The van der Waals surface area contributed by atoms with Gasteiger partial charge in [0.2, 0.25) is 0 Å². The normalized spacial score (nSPS) is 13.3. The molecular formula is C19H34FO5P. The number of carboxylic acids is 1. The molecule has 26 heavy (non-hydrogen) atoms. The third kappa shape index (κ3) is 30.6. The second-order valence-corrected chi connectivity index (χ2v) is 6.94. The van der Waals surface area contributed by atoms with Crippen molar-refractivity contribution in [1.82, 2.24) is 0 Å². The van der Waals surface area contributed by atoms with E-state index in [0.29, 0.717) is 0 Å². The lowest BCUT2D eigenvalue weighted by atomic mass is 10.0. The predicted octanol–water partition coefficient (Wildman–Crippen LogP) is 5.96. The molecule has 0 amide bonds. The molecule has 0 aliphatic heterocycles. The minimum atomic E-state index is -5.14. The zero-order chi connectivity index (χ0) is 20.3. The van der Waals surface area contributed by atoms with Crippen molar-refractivity contribution in [3.63, 3.8) is 0 Å². The quantitative estimate of drug-likeness (QED) is 0.204. The van der Waals surface area contributed by atoms with Gasteiger partial charge in [-0.2, -0.15) is 0 Å². The number of allylic oxidation sites excluding steroid dienone is 6. The summed E-state index contributed by atoms with van der Waals surface area (Å²) >= 11 is 0. The van der Waals surface area contributed by atoms with Gasteiger partial charge in [0, 0.05) is 0 Å². The van der Waals surface area contributed by atoms with E-state index >= 15 is 0 Å². The molecule has 3 N–H and O–H groups in total. The Labute approximate surface area is 157 Å². The van der Waals surface area contributed by atoms with Gasteiger partial charge in [0.25, 0.3) is 0 Å². The van der Waals surface area contributed by atoms with Crippen molar-refractivity contribution < 1.29 is 28.4 Å². The Balaban J connectivity index is 0. The Morgan fingerprint density at radius 2 is 1.42 bits per heavy atom. The lowest BCUT2D eigenvalue weighted by Gasteiger charge is -2.04. The lowest BCUT2D eigenvalue weighted by Crippen LogP contribution is -2.08. The van der Waals surface area contributed by atoms with E-state index in [1.807, 2.05) is 0 Å². The molecule has 0 heterocycles. The molecule has 0 aromatic carbocycles. The van der Waals surface area contributed by atoms with Gasteiger partial charge in [0.15, 0.2) is 0 Å². The molecule has 1 atom stereocenters. The standard InChI is InChI=1S/C19H32O2.FH2O3P/c1-3-4-5-6-7-8-9-10-11-12-13-14-15-16-17-18(2)19(20)21;1-5(2,3)4/h4-5,7-8,10-11,18H,3,6,9,12-17H2,1-2H3,(H,20,21);(H2,2,3,4)/b5-4-,8-7-,11-10-;. The molecule has 152 valence electrons. The van der Waals surface area contributed by atoms with E-state index in [9.17, 15) is 8.99 Å². The van der Waals surface area contributed by atoms with Crippen molar-refractivity contribution >= 4 is 13.9 Å². The fourth-order valence-corrected chi connectivity index (χ4v) is 2.02. The monoisotopic (exact) mass is 392 g/mol. The van der Waals surface area contributed by atoms with Gasteiger partial charge < -0.3 is 5.11 Å². The van der Waals surface area contributed by atoms with Crippen LogP contribution in [0.3, 0.4) is 0 Å². The second kappa shape index (κ2) is 18.6. The number of hydrogen-bond donors (Lipinski definition) is 3. The third-order valence-corrected chi connectivity index (χ3v) is 3.46. The van der Waals surface area contributed by atoms with E-state index in [0.717, 1.165) is 44.9 Å². The summed E-state index contributed by atoms with van der Waals surface area (Å²) in [7, 11) is -5.14. The number of halogens is 1. The van der Waals surface area contributed by atoms with Crippen LogP contribution in [0.15, 0.2) is 36.5 Å². The van der Waals surface area contributed by atoms with E-state index in [4.69, 9.17) is 19.5 Å². The number of aliphatic carboxylic acids is 1. The van der Waals surface area contributed by atoms with Gasteiger partial charge in [-0.25, -0.2) is 4.57 Å². The van der Waals surface area contributed by atoms with Crippen LogP contribution >= 0.6 is 7.91 Å². The van der Waals surface area contributed by atoms with Gasteiger partial charge in [-0.15, -0.1) is 4.20 Å². The van der Waals surface area contributed by atoms with Crippen LogP contribution in [-0.4, -0.2) is 20.9 Å². The van der Waals surface area contributed by atoms with Crippen LogP contribution in [0.25, 0.3) is 0 Å². The molecule has 0 aliphatic carbocycles. The Morgan fingerprint density at radius 1 is 0.962 bits per heavy atom. The van der Waals surface area contributed by atoms with Crippen LogP contribution in [0.1, 0.15) is 71.6 Å². The van der Waals surface area contributed by atoms with E-state index in [-0.39, 0.29) is 5.92 Å². The topological polar surface area (TPSA) is 94.8 Å². The molecule has 1 unspecified atom stereocenters. The predicted molar refractivity (Wildman–Crippen MR) is 105 cm³/mol. The summed E-state index contributed by atoms with van der Waals surface area (Å²) in [5.41, 5.74) is 0. The van der Waals surface area contributed by atoms with Gasteiger partial charge >= 0.3 is 13.9 Å². The maximum Gasteiger partial charge on any atom is 0.507 e. The van der Waals surface area contributed by atoms with Crippen LogP contribution < -0.4 is 0 Å². The highest BCUT2D eigenvalue weighted by atomic mass is 31.2. The molecule has 0 aromatic heterocycles. The fraction of sp³-hybridized carbons (Fsp3) is 0.632.